The van der Waals surface area contributed by atoms with Gasteiger partial charge in [0.05, 0.1) is 35.0 Å². The molecule has 1 spiro atoms. The summed E-state index contributed by atoms with van der Waals surface area (Å²) in [6, 6.07) is 8.62. The van der Waals surface area contributed by atoms with Crippen molar-refractivity contribution in [3.8, 4) is 28.1 Å². The molecule has 39 heavy (non-hydrogen) atoms. The molecule has 1 aliphatic carbocycles. The Labute approximate surface area is 232 Å². The first-order valence-corrected chi connectivity index (χ1v) is 13.8. The van der Waals surface area contributed by atoms with Gasteiger partial charge in [-0.2, -0.15) is 10.2 Å². The number of carbonyl (C=O) groups excluding carboxylic acids is 1. The van der Waals surface area contributed by atoms with Crippen LogP contribution in [0.5, 0.6) is 5.75 Å². The first-order chi connectivity index (χ1) is 18.8. The van der Waals surface area contributed by atoms with Crippen LogP contribution in [0.3, 0.4) is 0 Å². The van der Waals surface area contributed by atoms with Crippen LogP contribution < -0.4 is 9.64 Å². The zero-order valence-electron chi connectivity index (χ0n) is 22.4. The van der Waals surface area contributed by atoms with Crippen LogP contribution in [0.25, 0.3) is 33.3 Å². The topological polar surface area (TPSA) is 79.3 Å². The van der Waals surface area contributed by atoms with Crippen molar-refractivity contribution in [1.82, 2.24) is 24.9 Å². The van der Waals surface area contributed by atoms with Crippen LogP contribution in [0.1, 0.15) is 30.1 Å². The van der Waals surface area contributed by atoms with E-state index in [2.05, 4.69) is 52.5 Å². The number of halogens is 1. The summed E-state index contributed by atoms with van der Waals surface area (Å²) >= 11 is 7.05. The van der Waals surface area contributed by atoms with E-state index in [4.69, 9.17) is 21.4 Å². The molecule has 1 saturated heterocycles. The van der Waals surface area contributed by atoms with Gasteiger partial charge in [0.1, 0.15) is 18.1 Å². The van der Waals surface area contributed by atoms with Crippen molar-refractivity contribution in [2.75, 3.05) is 38.2 Å². The normalized spacial score (nSPS) is 18.1. The maximum atomic E-state index is 12.0. The van der Waals surface area contributed by atoms with Crippen molar-refractivity contribution < 1.29 is 9.53 Å². The lowest BCUT2D eigenvalue weighted by Gasteiger charge is -2.58. The number of benzene rings is 2. The van der Waals surface area contributed by atoms with E-state index in [9.17, 15) is 4.79 Å². The Hall–Kier alpha value is -3.78. The number of H-pyrrole nitrogens is 1. The third-order valence-electron chi connectivity index (χ3n) is 8.81. The lowest BCUT2D eigenvalue weighted by molar-refractivity contribution is -0.149. The van der Waals surface area contributed by atoms with Crippen molar-refractivity contribution >= 4 is 34.1 Å². The lowest BCUT2D eigenvalue weighted by Crippen LogP contribution is -2.63. The number of fused-ring (bicyclic) bond motifs is 2. The van der Waals surface area contributed by atoms with Gasteiger partial charge in [-0.1, -0.05) is 18.2 Å². The Bertz CT molecular complexity index is 1660. The van der Waals surface area contributed by atoms with Crippen LogP contribution in [-0.2, 0) is 4.79 Å². The molecule has 9 heteroatoms. The van der Waals surface area contributed by atoms with Gasteiger partial charge in [0.25, 0.3) is 0 Å². The number of aryl methyl sites for hydroxylation is 1. The van der Waals surface area contributed by atoms with Crippen LogP contribution in [0.2, 0.25) is 5.02 Å². The number of ether oxygens (including phenoxy) is 1. The average molecular weight is 543 g/mol. The van der Waals surface area contributed by atoms with E-state index in [0.717, 1.165) is 88.5 Å². The number of amides is 1. The van der Waals surface area contributed by atoms with Crippen molar-refractivity contribution in [2.24, 2.45) is 5.41 Å². The van der Waals surface area contributed by atoms with Crippen LogP contribution in [0, 0.1) is 19.3 Å². The summed E-state index contributed by atoms with van der Waals surface area (Å²) in [5.41, 5.74) is 8.20. The quantitative estimate of drug-likeness (QED) is 0.342. The molecule has 1 saturated carbocycles. The highest BCUT2D eigenvalue weighted by Gasteiger charge is 2.54. The largest absolute Gasteiger partial charge is 0.490 e. The van der Waals surface area contributed by atoms with Gasteiger partial charge in [-0.15, -0.1) is 0 Å². The number of rotatable bonds is 4. The summed E-state index contributed by atoms with van der Waals surface area (Å²) in [5, 5.41) is 14.4. The molecular formula is C30H31ClN6O2. The molecule has 200 valence electrons. The van der Waals surface area contributed by atoms with E-state index in [1.165, 1.54) is 6.08 Å². The number of carbonyl (C=O) groups is 1. The smallest absolute Gasteiger partial charge is 0.245 e. The molecule has 2 aliphatic heterocycles. The molecule has 0 bridgehead atoms. The minimum atomic E-state index is 0.0171. The highest BCUT2D eigenvalue weighted by Crippen LogP contribution is 2.55. The van der Waals surface area contributed by atoms with E-state index in [1.54, 1.807) is 0 Å². The Morgan fingerprint density at radius 1 is 1.23 bits per heavy atom. The van der Waals surface area contributed by atoms with Gasteiger partial charge in [0.2, 0.25) is 5.91 Å². The van der Waals surface area contributed by atoms with E-state index < -0.39 is 0 Å². The third kappa shape index (κ3) is 3.61. The molecule has 3 aliphatic rings. The van der Waals surface area contributed by atoms with Crippen molar-refractivity contribution in [1.29, 1.82) is 0 Å². The average Bonchev–Trinajstić information content (AvgIpc) is 3.47. The standard InChI is InChI=1S/C30H31ClN6O2/c1-5-25(38)36-15-30(16-36)12-20(13-30)37-18(3)26(27-21-14-32-33-22(21)10-17(2)28(27)31)29(34-37)19-6-7-24-23(11-19)35(4)8-9-39-24/h5-7,10-11,14,20H,1,8-9,12-13,15-16H2,2-4H3,(H,32,33). The number of aromatic nitrogens is 4. The van der Waals surface area contributed by atoms with Crippen LogP contribution >= 0.6 is 11.6 Å². The molecule has 4 aromatic rings. The van der Waals surface area contributed by atoms with Crippen molar-refractivity contribution in [3.05, 3.63) is 59.4 Å². The zero-order chi connectivity index (χ0) is 27.1. The summed E-state index contributed by atoms with van der Waals surface area (Å²) in [6.45, 7) is 10.9. The Kier molecular flexibility index (Phi) is 5.36. The monoisotopic (exact) mass is 542 g/mol. The number of aromatic amines is 1. The molecule has 0 unspecified atom stereocenters. The summed E-state index contributed by atoms with van der Waals surface area (Å²) in [6.07, 6.45) is 5.25. The number of nitrogens with zero attached hydrogens (tertiary/aromatic N) is 5. The zero-order valence-corrected chi connectivity index (χ0v) is 23.2. The molecule has 2 aromatic heterocycles. The van der Waals surface area contributed by atoms with E-state index in [0.29, 0.717) is 11.6 Å². The van der Waals surface area contributed by atoms with Crippen molar-refractivity contribution in [2.45, 2.75) is 32.7 Å². The first kappa shape index (κ1) is 24.3. The van der Waals surface area contributed by atoms with Gasteiger partial charge in [-0.3, -0.25) is 14.6 Å². The second-order valence-corrected chi connectivity index (χ2v) is 11.8. The SMILES string of the molecule is C=CC(=O)N1CC2(CC(n3nc(-c4ccc5c(c4)N(C)CCO5)c(-c4c(Cl)c(C)cc5[nH]ncc45)c3C)C2)C1. The van der Waals surface area contributed by atoms with Gasteiger partial charge >= 0.3 is 0 Å². The highest BCUT2D eigenvalue weighted by molar-refractivity contribution is 6.36. The lowest BCUT2D eigenvalue weighted by atomic mass is 9.60. The minimum Gasteiger partial charge on any atom is -0.490 e. The summed E-state index contributed by atoms with van der Waals surface area (Å²) in [7, 11) is 2.09. The van der Waals surface area contributed by atoms with E-state index in [-0.39, 0.29) is 17.4 Å². The summed E-state index contributed by atoms with van der Waals surface area (Å²) < 4.78 is 8.11. The Balaban J connectivity index is 1.35. The second kappa shape index (κ2) is 8.61. The molecule has 0 atom stereocenters. The number of anilines is 1. The van der Waals surface area contributed by atoms with E-state index in [1.807, 2.05) is 30.2 Å². The number of hydrogen-bond donors (Lipinski definition) is 1. The van der Waals surface area contributed by atoms with Gasteiger partial charge < -0.3 is 14.5 Å². The van der Waals surface area contributed by atoms with Gasteiger partial charge in [0, 0.05) is 53.3 Å². The molecule has 4 heterocycles. The molecule has 1 amide bonds. The summed E-state index contributed by atoms with van der Waals surface area (Å²) in [4.78, 5) is 16.1. The Morgan fingerprint density at radius 2 is 2.03 bits per heavy atom. The van der Waals surface area contributed by atoms with Gasteiger partial charge in [0.15, 0.2) is 0 Å². The second-order valence-electron chi connectivity index (χ2n) is 11.4. The van der Waals surface area contributed by atoms with E-state index >= 15 is 0 Å². The fourth-order valence-electron chi connectivity index (χ4n) is 6.74. The maximum Gasteiger partial charge on any atom is 0.245 e. The van der Waals surface area contributed by atoms with Crippen LogP contribution in [0.15, 0.2) is 43.1 Å². The molecule has 7 rings (SSSR count). The molecule has 2 fully saturated rings. The number of hydrogen-bond acceptors (Lipinski definition) is 5. The summed E-state index contributed by atoms with van der Waals surface area (Å²) in [5.74, 6) is 0.907. The van der Waals surface area contributed by atoms with Crippen molar-refractivity contribution in [3.63, 3.8) is 0 Å². The number of likely N-dealkylation sites (tertiary alicyclic amines) is 1. The first-order valence-electron chi connectivity index (χ1n) is 13.4. The fraction of sp³-hybridized carbons (Fsp3) is 0.367. The molecule has 0 radical (unpaired) electrons. The third-order valence-corrected chi connectivity index (χ3v) is 9.30. The predicted octanol–water partition coefficient (Wildman–Crippen LogP) is 5.54. The number of nitrogens with one attached hydrogen (secondary N) is 1. The Morgan fingerprint density at radius 3 is 2.79 bits per heavy atom. The molecule has 1 N–H and O–H groups in total. The number of likely N-dealkylation sites (N-methyl/N-ethyl adjacent to an activating group) is 1. The molecule has 8 nitrogen and oxygen atoms in total. The minimum absolute atomic E-state index is 0.0171. The molecule has 2 aromatic carbocycles. The van der Waals surface area contributed by atoms with Gasteiger partial charge in [-0.05, 0) is 62.6 Å². The predicted molar refractivity (Wildman–Crippen MR) is 153 cm³/mol. The van der Waals surface area contributed by atoms with Crippen LogP contribution in [0.4, 0.5) is 5.69 Å². The van der Waals surface area contributed by atoms with Crippen LogP contribution in [-0.4, -0.2) is 64.1 Å². The maximum absolute atomic E-state index is 12.0. The highest BCUT2D eigenvalue weighted by atomic mass is 35.5. The molecular weight excluding hydrogens is 512 g/mol. The fourth-order valence-corrected chi connectivity index (χ4v) is 6.99. The van der Waals surface area contributed by atoms with Gasteiger partial charge in [-0.25, -0.2) is 0 Å².